The maximum Gasteiger partial charge on any atom is 0.309 e. The average molecular weight is 215 g/mol. The van der Waals surface area contributed by atoms with Crippen molar-refractivity contribution in [3.05, 3.63) is 18.2 Å². The zero-order chi connectivity index (χ0) is 17.1. The number of imidazole rings is 1. The van der Waals surface area contributed by atoms with E-state index >= 15 is 0 Å². The van der Waals surface area contributed by atoms with E-state index in [1.54, 1.807) is 0 Å². The van der Waals surface area contributed by atoms with Gasteiger partial charge in [0.1, 0.15) is 1.37 Å². The van der Waals surface area contributed by atoms with Gasteiger partial charge in [-0.1, -0.05) is 6.92 Å². The number of carbonyl (C=O) groups is 1. The maximum atomic E-state index is 11.8. The van der Waals surface area contributed by atoms with Gasteiger partial charge in [0.15, 0.2) is 0 Å². The van der Waals surface area contributed by atoms with Gasteiger partial charge < -0.3 is 9.30 Å². The number of hydrogen-bond acceptors (Lipinski definition) is 3. The predicted molar refractivity (Wildman–Crippen MR) is 55.1 cm³/mol. The monoisotopic (exact) mass is 215 g/mol. The molecule has 2 atom stereocenters. The first-order valence-corrected chi connectivity index (χ1v) is 4.65. The van der Waals surface area contributed by atoms with Gasteiger partial charge in [-0.05, 0) is 12.8 Å². The van der Waals surface area contributed by atoms with Gasteiger partial charge >= 0.3 is 5.97 Å². The molecule has 4 nitrogen and oxygen atoms in total. The van der Waals surface area contributed by atoms with Gasteiger partial charge in [0.2, 0.25) is 0 Å². The van der Waals surface area contributed by atoms with Crippen LogP contribution in [-0.2, 0) is 23.0 Å². The van der Waals surface area contributed by atoms with E-state index in [-0.39, 0.29) is 12.7 Å². The first kappa shape index (κ1) is 4.68. The van der Waals surface area contributed by atoms with Crippen molar-refractivity contribution in [2.45, 2.75) is 19.7 Å². The Kier molecular flexibility index (Phi) is 1.26. The molecular formula is C11H16N2O2. The summed E-state index contributed by atoms with van der Waals surface area (Å²) in [6.45, 7) is -1.33. The Bertz CT molecular complexity index is 630. The molecule has 1 saturated heterocycles. The summed E-state index contributed by atoms with van der Waals surface area (Å²) in [6.07, 6.45) is -3.69. The second kappa shape index (κ2) is 4.04. The van der Waals surface area contributed by atoms with Gasteiger partial charge in [-0.25, -0.2) is 4.98 Å². The van der Waals surface area contributed by atoms with Crippen LogP contribution >= 0.6 is 0 Å². The minimum absolute atomic E-state index is 0.0142. The molecule has 0 spiro atoms. The molecule has 82 valence electrons. The Hall–Kier alpha value is -1.32. The molecule has 0 unspecified atom stereocenters. The van der Waals surface area contributed by atoms with Crippen molar-refractivity contribution < 1.29 is 19.1 Å². The fraction of sp³-hybridized carbons (Fsp3) is 0.636. The minimum Gasteiger partial charge on any atom is -0.465 e. The molecule has 15 heavy (non-hydrogen) atoms. The highest BCUT2D eigenvalue weighted by Crippen LogP contribution is 2.27. The van der Waals surface area contributed by atoms with E-state index in [0.29, 0.717) is 0 Å². The molecule has 1 aromatic heterocycles. The van der Waals surface area contributed by atoms with Crippen LogP contribution in [0.4, 0.5) is 0 Å². The molecular weight excluding hydrogens is 192 g/mol. The number of cyclic esters (lactones) is 1. The van der Waals surface area contributed by atoms with Crippen molar-refractivity contribution in [2.75, 3.05) is 6.56 Å². The molecule has 1 aliphatic rings. The summed E-state index contributed by atoms with van der Waals surface area (Å²) in [5.74, 6) is -4.91. The summed E-state index contributed by atoms with van der Waals surface area (Å²) in [4.78, 5) is 15.4. The highest BCUT2D eigenvalue weighted by Gasteiger charge is 2.35. The lowest BCUT2D eigenvalue weighted by atomic mass is 9.89. The molecule has 0 radical (unpaired) electrons. The van der Waals surface area contributed by atoms with Crippen molar-refractivity contribution in [1.29, 1.82) is 0 Å². The summed E-state index contributed by atoms with van der Waals surface area (Å²) in [5, 5.41) is 0. The Morgan fingerprint density at radius 3 is 3.40 bits per heavy atom. The van der Waals surface area contributed by atoms with Crippen molar-refractivity contribution in [3.8, 4) is 0 Å². The molecule has 0 amide bonds. The third-order valence-corrected chi connectivity index (χ3v) is 2.25. The molecule has 0 saturated carbocycles. The third-order valence-electron chi connectivity index (χ3n) is 2.25. The summed E-state index contributed by atoms with van der Waals surface area (Å²) in [7, 11) is 1.30. The number of carbonyl (C=O) groups excluding carboxylic acids is 1. The summed E-state index contributed by atoms with van der Waals surface area (Å²) in [5.41, 5.74) is -0.423. The van der Waals surface area contributed by atoms with Gasteiger partial charge in [-0.3, -0.25) is 4.79 Å². The highest BCUT2D eigenvalue weighted by atomic mass is 16.5. The van der Waals surface area contributed by atoms with E-state index in [2.05, 4.69) is 9.72 Å². The van der Waals surface area contributed by atoms with Gasteiger partial charge in [-0.2, -0.15) is 0 Å². The van der Waals surface area contributed by atoms with Gasteiger partial charge in [-0.15, -0.1) is 0 Å². The van der Waals surface area contributed by atoms with E-state index in [4.69, 9.17) is 9.60 Å². The van der Waals surface area contributed by atoms with Crippen molar-refractivity contribution in [1.82, 2.24) is 9.55 Å². The van der Waals surface area contributed by atoms with Gasteiger partial charge in [0.05, 0.1) is 22.9 Å². The van der Waals surface area contributed by atoms with E-state index in [1.807, 2.05) is 0 Å². The Morgan fingerprint density at radius 2 is 2.80 bits per heavy atom. The van der Waals surface area contributed by atoms with Crippen LogP contribution in [0.3, 0.4) is 0 Å². The number of aromatic nitrogens is 2. The predicted octanol–water partition coefficient (Wildman–Crippen LogP) is 1.16. The second-order valence-electron chi connectivity index (χ2n) is 3.25. The maximum absolute atomic E-state index is 11.8. The van der Waals surface area contributed by atoms with E-state index in [1.165, 1.54) is 14.0 Å². The molecule has 0 aromatic carbocycles. The summed E-state index contributed by atoms with van der Waals surface area (Å²) in [6, 6.07) is 0. The lowest BCUT2D eigenvalue weighted by Crippen LogP contribution is -2.18. The van der Waals surface area contributed by atoms with Crippen molar-refractivity contribution in [3.63, 3.8) is 0 Å². The average Bonchev–Trinajstić information content (AvgIpc) is 2.72. The van der Waals surface area contributed by atoms with Crippen molar-refractivity contribution in [2.24, 2.45) is 18.9 Å². The number of rotatable bonds is 3. The van der Waals surface area contributed by atoms with Crippen LogP contribution in [0.1, 0.15) is 28.6 Å². The number of hydrogen-bond donors (Lipinski definition) is 0. The van der Waals surface area contributed by atoms with Crippen LogP contribution in [0.25, 0.3) is 0 Å². The van der Waals surface area contributed by atoms with Crippen LogP contribution in [0.5, 0.6) is 0 Å². The molecule has 4 heteroatoms. The van der Waals surface area contributed by atoms with E-state index in [0.717, 1.165) is 4.57 Å². The molecule has 0 bridgehead atoms. The van der Waals surface area contributed by atoms with Gasteiger partial charge in [0, 0.05) is 28.9 Å². The first-order chi connectivity index (χ1) is 9.91. The Labute approximate surface area is 99.1 Å². The normalized spacial score (nSPS) is 41.6. The van der Waals surface area contributed by atoms with Crippen LogP contribution < -0.4 is 0 Å². The zero-order valence-corrected chi connectivity index (χ0v) is 8.50. The zero-order valence-electron chi connectivity index (χ0n) is 15.5. The largest absolute Gasteiger partial charge is 0.465 e. The third kappa shape index (κ3) is 1.89. The number of esters is 1. The summed E-state index contributed by atoms with van der Waals surface area (Å²) < 4.78 is 61.4. The van der Waals surface area contributed by atoms with Crippen LogP contribution in [0.15, 0.2) is 12.5 Å². The molecule has 2 rings (SSSR count). The van der Waals surface area contributed by atoms with Crippen LogP contribution in [-0.4, -0.2) is 22.1 Å². The molecule has 1 aromatic rings. The fourth-order valence-corrected chi connectivity index (χ4v) is 1.37. The molecule has 2 heterocycles. The standard InChI is InChI=1S/C11H16N2O2/c1-3-10-8(6-15-11(10)14)4-9-5-12-7-13(9)2/h5,7-8,10H,3-4,6H2,1-2H3/t8-,10-/m0/s1/i4D2,5D,6D2,7D,8D. The molecule has 1 fully saturated rings. The molecule has 0 N–H and O–H groups in total. The fourth-order valence-electron chi connectivity index (χ4n) is 1.37. The smallest absolute Gasteiger partial charge is 0.309 e. The summed E-state index contributed by atoms with van der Waals surface area (Å²) >= 11 is 0. The lowest BCUT2D eigenvalue weighted by molar-refractivity contribution is -0.141. The van der Waals surface area contributed by atoms with Crippen LogP contribution in [0.2, 0.25) is 0 Å². The molecule has 0 aliphatic carbocycles. The van der Waals surface area contributed by atoms with Crippen LogP contribution in [0, 0.1) is 11.8 Å². The van der Waals surface area contributed by atoms with Crippen molar-refractivity contribution >= 4 is 5.97 Å². The topological polar surface area (TPSA) is 44.1 Å². The minimum atomic E-state index is -2.87. The lowest BCUT2D eigenvalue weighted by Gasteiger charge is -2.12. The second-order valence-corrected chi connectivity index (χ2v) is 3.25. The quantitative estimate of drug-likeness (QED) is 0.711. The number of ether oxygens (including phenoxy) is 1. The first-order valence-electron chi connectivity index (χ1n) is 8.15. The van der Waals surface area contributed by atoms with Gasteiger partial charge in [0.25, 0.3) is 0 Å². The highest BCUT2D eigenvalue weighted by molar-refractivity contribution is 5.74. The number of nitrogens with zero attached hydrogens (tertiary/aromatic N) is 2. The Morgan fingerprint density at radius 1 is 2.00 bits per heavy atom. The Balaban J connectivity index is 2.71. The molecule has 1 aliphatic heterocycles. The van der Waals surface area contributed by atoms with E-state index < -0.39 is 42.6 Å². The SMILES string of the molecule is [2H]c1nc([2H])n(C)c1C([2H])([2H])[C@]1([2H])[C@H](CC)C(=O)OC1([2H])[2H]. The van der Waals surface area contributed by atoms with E-state index in [9.17, 15) is 4.79 Å².